The van der Waals surface area contributed by atoms with Gasteiger partial charge < -0.3 is 9.64 Å². The van der Waals surface area contributed by atoms with Crippen LogP contribution in [0.3, 0.4) is 0 Å². The van der Waals surface area contributed by atoms with Gasteiger partial charge in [-0.1, -0.05) is 0 Å². The molecule has 4 heterocycles. The molecule has 0 aromatic carbocycles. The standard InChI is InChI=1S/C17H24N4OS/c1-12-13(2)23-17-15(12)16(21-5-3-4-6-21)18-14(19-17)11-20-7-9-22-10-8-20/h3-11H2,1-2H3. The molecule has 23 heavy (non-hydrogen) atoms. The molecule has 0 aliphatic carbocycles. The van der Waals surface area contributed by atoms with Crippen molar-refractivity contribution in [1.82, 2.24) is 14.9 Å². The molecule has 0 radical (unpaired) electrons. The molecule has 0 saturated carbocycles. The van der Waals surface area contributed by atoms with Gasteiger partial charge in [0.05, 0.1) is 25.1 Å². The molecule has 2 fully saturated rings. The first kappa shape index (κ1) is 15.3. The highest BCUT2D eigenvalue weighted by Gasteiger charge is 2.22. The van der Waals surface area contributed by atoms with Crippen molar-refractivity contribution >= 4 is 27.4 Å². The maximum atomic E-state index is 5.44. The van der Waals surface area contributed by atoms with Crippen molar-refractivity contribution in [3.05, 3.63) is 16.3 Å². The normalized spacial score (nSPS) is 19.8. The summed E-state index contributed by atoms with van der Waals surface area (Å²) in [5, 5.41) is 1.28. The van der Waals surface area contributed by atoms with Crippen molar-refractivity contribution in [2.75, 3.05) is 44.3 Å². The zero-order chi connectivity index (χ0) is 15.8. The fourth-order valence-electron chi connectivity index (χ4n) is 3.46. The van der Waals surface area contributed by atoms with Crippen molar-refractivity contribution in [2.24, 2.45) is 0 Å². The molecule has 2 aromatic heterocycles. The van der Waals surface area contributed by atoms with E-state index in [4.69, 9.17) is 14.7 Å². The van der Waals surface area contributed by atoms with E-state index < -0.39 is 0 Å². The molecule has 2 aliphatic rings. The average Bonchev–Trinajstić information content (AvgIpc) is 3.17. The SMILES string of the molecule is Cc1sc2nc(CN3CCOCC3)nc(N3CCCC3)c2c1C. The lowest BCUT2D eigenvalue weighted by Crippen LogP contribution is -2.36. The summed E-state index contributed by atoms with van der Waals surface area (Å²) in [5.74, 6) is 2.13. The lowest BCUT2D eigenvalue weighted by atomic mass is 10.2. The maximum absolute atomic E-state index is 5.44. The summed E-state index contributed by atoms with van der Waals surface area (Å²) < 4.78 is 5.44. The first-order chi connectivity index (χ1) is 11.2. The van der Waals surface area contributed by atoms with E-state index in [1.54, 1.807) is 11.3 Å². The van der Waals surface area contributed by atoms with Crippen LogP contribution in [0.2, 0.25) is 0 Å². The second-order valence-corrected chi connectivity index (χ2v) is 7.71. The first-order valence-electron chi connectivity index (χ1n) is 8.54. The third-order valence-electron chi connectivity index (χ3n) is 4.93. The van der Waals surface area contributed by atoms with E-state index in [0.717, 1.165) is 62.4 Å². The van der Waals surface area contributed by atoms with Crippen LogP contribution in [0.5, 0.6) is 0 Å². The van der Waals surface area contributed by atoms with Gasteiger partial charge in [-0.05, 0) is 32.3 Å². The van der Waals surface area contributed by atoms with Crippen LogP contribution in [0.1, 0.15) is 29.1 Å². The van der Waals surface area contributed by atoms with E-state index in [9.17, 15) is 0 Å². The molecule has 0 spiro atoms. The highest BCUT2D eigenvalue weighted by molar-refractivity contribution is 7.18. The zero-order valence-electron chi connectivity index (χ0n) is 14.0. The highest BCUT2D eigenvalue weighted by atomic mass is 32.1. The van der Waals surface area contributed by atoms with Crippen molar-refractivity contribution < 1.29 is 4.74 Å². The van der Waals surface area contributed by atoms with E-state index in [1.165, 1.54) is 28.7 Å². The van der Waals surface area contributed by atoms with Gasteiger partial charge >= 0.3 is 0 Å². The Bertz CT molecular complexity index is 702. The Morgan fingerprint density at radius 1 is 1.04 bits per heavy atom. The number of aromatic nitrogens is 2. The summed E-state index contributed by atoms with van der Waals surface area (Å²) in [6.45, 7) is 11.1. The second-order valence-electron chi connectivity index (χ2n) is 6.51. The van der Waals surface area contributed by atoms with Gasteiger partial charge in [0, 0.05) is 31.1 Å². The van der Waals surface area contributed by atoms with Crippen LogP contribution in [0, 0.1) is 13.8 Å². The summed E-state index contributed by atoms with van der Waals surface area (Å²) in [6.07, 6.45) is 2.54. The molecule has 2 aromatic rings. The molecule has 124 valence electrons. The predicted molar refractivity (Wildman–Crippen MR) is 94.4 cm³/mol. The largest absolute Gasteiger partial charge is 0.379 e. The molecule has 2 aliphatic heterocycles. The Balaban J connectivity index is 1.73. The molecule has 4 rings (SSSR count). The molecule has 0 amide bonds. The number of anilines is 1. The smallest absolute Gasteiger partial charge is 0.146 e. The minimum absolute atomic E-state index is 0.818. The van der Waals surface area contributed by atoms with Crippen molar-refractivity contribution in [1.29, 1.82) is 0 Å². The van der Waals surface area contributed by atoms with Crippen LogP contribution in [-0.4, -0.2) is 54.3 Å². The van der Waals surface area contributed by atoms with E-state index in [1.807, 2.05) is 0 Å². The fraction of sp³-hybridized carbons (Fsp3) is 0.647. The number of hydrogen-bond acceptors (Lipinski definition) is 6. The van der Waals surface area contributed by atoms with Gasteiger partial charge in [0.25, 0.3) is 0 Å². The Morgan fingerprint density at radius 2 is 1.78 bits per heavy atom. The average molecular weight is 332 g/mol. The molecule has 0 unspecified atom stereocenters. The number of hydrogen-bond donors (Lipinski definition) is 0. The third kappa shape index (κ3) is 2.95. The van der Waals surface area contributed by atoms with Crippen LogP contribution < -0.4 is 4.90 Å². The number of morpholine rings is 1. The zero-order valence-corrected chi connectivity index (χ0v) is 14.8. The van der Waals surface area contributed by atoms with Gasteiger partial charge in [0.2, 0.25) is 0 Å². The van der Waals surface area contributed by atoms with Crippen LogP contribution >= 0.6 is 11.3 Å². The van der Waals surface area contributed by atoms with Crippen LogP contribution in [0.25, 0.3) is 10.2 Å². The number of thiophene rings is 1. The fourth-order valence-corrected chi connectivity index (χ4v) is 4.50. The molecule has 0 bridgehead atoms. The predicted octanol–water partition coefficient (Wildman–Crippen LogP) is 2.74. The van der Waals surface area contributed by atoms with Gasteiger partial charge in [-0.2, -0.15) is 0 Å². The first-order valence-corrected chi connectivity index (χ1v) is 9.35. The van der Waals surface area contributed by atoms with E-state index in [-0.39, 0.29) is 0 Å². The van der Waals surface area contributed by atoms with E-state index in [0.29, 0.717) is 0 Å². The summed E-state index contributed by atoms with van der Waals surface area (Å²) in [6, 6.07) is 0. The Morgan fingerprint density at radius 3 is 2.52 bits per heavy atom. The maximum Gasteiger partial charge on any atom is 0.146 e. The Labute approximate surface area is 141 Å². The van der Waals surface area contributed by atoms with Gasteiger partial charge in [-0.3, -0.25) is 4.90 Å². The number of fused-ring (bicyclic) bond motifs is 1. The number of nitrogens with zero attached hydrogens (tertiary/aromatic N) is 4. The Hall–Kier alpha value is -1.24. The number of ether oxygens (including phenoxy) is 1. The molecule has 0 atom stereocenters. The van der Waals surface area contributed by atoms with Gasteiger partial charge in [0.15, 0.2) is 0 Å². The third-order valence-corrected chi connectivity index (χ3v) is 6.03. The summed E-state index contributed by atoms with van der Waals surface area (Å²) in [5.41, 5.74) is 1.35. The van der Waals surface area contributed by atoms with Gasteiger partial charge in [0.1, 0.15) is 16.5 Å². The van der Waals surface area contributed by atoms with Crippen LogP contribution in [0.15, 0.2) is 0 Å². The van der Waals surface area contributed by atoms with Gasteiger partial charge in [-0.15, -0.1) is 11.3 Å². The molecular formula is C17H24N4OS. The monoisotopic (exact) mass is 332 g/mol. The topological polar surface area (TPSA) is 41.5 Å². The van der Waals surface area contributed by atoms with E-state index >= 15 is 0 Å². The summed E-state index contributed by atoms with van der Waals surface area (Å²) in [7, 11) is 0. The molecule has 5 nitrogen and oxygen atoms in total. The number of aryl methyl sites for hydroxylation is 2. The summed E-state index contributed by atoms with van der Waals surface area (Å²) >= 11 is 1.81. The highest BCUT2D eigenvalue weighted by Crippen LogP contribution is 2.36. The van der Waals surface area contributed by atoms with Crippen LogP contribution in [0.4, 0.5) is 5.82 Å². The molecule has 2 saturated heterocycles. The Kier molecular flexibility index (Phi) is 4.22. The van der Waals surface area contributed by atoms with Crippen molar-refractivity contribution in [2.45, 2.75) is 33.2 Å². The van der Waals surface area contributed by atoms with Gasteiger partial charge in [-0.25, -0.2) is 9.97 Å². The lowest BCUT2D eigenvalue weighted by Gasteiger charge is -2.26. The minimum Gasteiger partial charge on any atom is -0.379 e. The van der Waals surface area contributed by atoms with Crippen molar-refractivity contribution in [3.8, 4) is 0 Å². The van der Waals surface area contributed by atoms with E-state index in [2.05, 4.69) is 23.6 Å². The molecule has 0 N–H and O–H groups in total. The lowest BCUT2D eigenvalue weighted by molar-refractivity contribution is 0.0331. The minimum atomic E-state index is 0.818. The molecular weight excluding hydrogens is 308 g/mol. The molecule has 6 heteroatoms. The number of rotatable bonds is 3. The second kappa shape index (κ2) is 6.34. The van der Waals surface area contributed by atoms with Crippen LogP contribution in [-0.2, 0) is 11.3 Å². The quantitative estimate of drug-likeness (QED) is 0.864. The summed E-state index contributed by atoms with van der Waals surface area (Å²) in [4.78, 5) is 17.2. The van der Waals surface area contributed by atoms with Crippen molar-refractivity contribution in [3.63, 3.8) is 0 Å².